The Morgan fingerprint density at radius 1 is 1.03 bits per heavy atom. The lowest BCUT2D eigenvalue weighted by molar-refractivity contribution is -0.143. The monoisotopic (exact) mass is 461 g/mol. The summed E-state index contributed by atoms with van der Waals surface area (Å²) in [6.07, 6.45) is 5.97. The molecule has 0 spiro atoms. The van der Waals surface area contributed by atoms with Gasteiger partial charge in [0.25, 0.3) is 0 Å². The molecule has 34 heavy (non-hydrogen) atoms. The number of nitrogens with zero attached hydrogens (tertiary/aromatic N) is 4. The Hall–Kier alpha value is -3.26. The van der Waals surface area contributed by atoms with E-state index in [9.17, 15) is 9.59 Å². The molecule has 0 radical (unpaired) electrons. The molecular weight excluding hydrogens is 430 g/mol. The van der Waals surface area contributed by atoms with Gasteiger partial charge in [0.2, 0.25) is 11.8 Å². The predicted molar refractivity (Wildman–Crippen MR) is 128 cm³/mol. The maximum Gasteiger partial charge on any atom is 0.247 e. The average molecular weight is 462 g/mol. The normalized spacial score (nSPS) is 19.4. The molecule has 1 saturated carbocycles. The molecule has 1 N–H and O–H groups in total. The largest absolute Gasteiger partial charge is 0.376 e. The third-order valence-corrected chi connectivity index (χ3v) is 6.83. The number of hydrogen-bond acceptors (Lipinski definition) is 5. The van der Waals surface area contributed by atoms with Crippen LogP contribution < -0.4 is 5.32 Å². The van der Waals surface area contributed by atoms with Crippen molar-refractivity contribution < 1.29 is 14.3 Å². The van der Waals surface area contributed by atoms with E-state index < -0.39 is 6.04 Å². The average Bonchev–Trinajstić information content (AvgIpc) is 3.63. The van der Waals surface area contributed by atoms with Crippen molar-refractivity contribution in [3.05, 3.63) is 60.2 Å². The highest BCUT2D eigenvalue weighted by Gasteiger charge is 2.35. The summed E-state index contributed by atoms with van der Waals surface area (Å²) in [7, 11) is 0. The zero-order valence-corrected chi connectivity index (χ0v) is 19.3. The van der Waals surface area contributed by atoms with Crippen molar-refractivity contribution in [1.29, 1.82) is 0 Å². The quantitative estimate of drug-likeness (QED) is 0.556. The van der Waals surface area contributed by atoms with Crippen molar-refractivity contribution in [1.82, 2.24) is 25.2 Å². The Bertz CT molecular complexity index is 1120. The first-order valence-electron chi connectivity index (χ1n) is 12.2. The SMILES string of the molecule is O=C(NC1CCCC1)[C@@H](c1ccccc1)N(C[C@H]1CCCO1)C(=O)Cn1nnc2ccccc21. The van der Waals surface area contributed by atoms with Gasteiger partial charge in [0.05, 0.1) is 11.6 Å². The molecule has 8 nitrogen and oxygen atoms in total. The first-order valence-corrected chi connectivity index (χ1v) is 12.2. The molecule has 0 unspecified atom stereocenters. The summed E-state index contributed by atoms with van der Waals surface area (Å²) >= 11 is 0. The van der Waals surface area contributed by atoms with Crippen molar-refractivity contribution in [3.63, 3.8) is 0 Å². The maximum atomic E-state index is 13.8. The van der Waals surface area contributed by atoms with Crippen LogP contribution in [0.15, 0.2) is 54.6 Å². The molecule has 1 aromatic heterocycles. The molecule has 2 heterocycles. The Kier molecular flexibility index (Phi) is 6.85. The molecule has 2 fully saturated rings. The van der Waals surface area contributed by atoms with E-state index in [-0.39, 0.29) is 30.5 Å². The van der Waals surface area contributed by atoms with E-state index >= 15 is 0 Å². The molecule has 2 aromatic carbocycles. The number of fused-ring (bicyclic) bond motifs is 1. The molecular formula is C26H31N5O3. The van der Waals surface area contributed by atoms with E-state index in [2.05, 4.69) is 15.6 Å². The number of carbonyl (C=O) groups excluding carboxylic acids is 2. The number of aromatic nitrogens is 3. The van der Waals surface area contributed by atoms with Crippen LogP contribution >= 0.6 is 0 Å². The van der Waals surface area contributed by atoms with Crippen LogP contribution in [0.4, 0.5) is 0 Å². The van der Waals surface area contributed by atoms with Gasteiger partial charge in [0, 0.05) is 19.2 Å². The molecule has 2 amide bonds. The van der Waals surface area contributed by atoms with Crippen LogP contribution in [0.2, 0.25) is 0 Å². The number of amides is 2. The van der Waals surface area contributed by atoms with E-state index in [0.29, 0.717) is 13.2 Å². The van der Waals surface area contributed by atoms with Crippen molar-refractivity contribution in [2.75, 3.05) is 13.2 Å². The van der Waals surface area contributed by atoms with Crippen LogP contribution in [-0.4, -0.2) is 57.0 Å². The van der Waals surface area contributed by atoms with E-state index in [0.717, 1.165) is 55.1 Å². The molecule has 178 valence electrons. The van der Waals surface area contributed by atoms with Gasteiger partial charge in [-0.05, 0) is 43.4 Å². The second-order valence-electron chi connectivity index (χ2n) is 9.22. The van der Waals surface area contributed by atoms with Gasteiger partial charge in [-0.1, -0.05) is 60.5 Å². The smallest absolute Gasteiger partial charge is 0.247 e. The number of benzene rings is 2. The highest BCUT2D eigenvalue weighted by Crippen LogP contribution is 2.27. The number of carbonyl (C=O) groups is 2. The first-order chi connectivity index (χ1) is 16.7. The zero-order chi connectivity index (χ0) is 23.3. The number of para-hydroxylation sites is 1. The molecule has 0 bridgehead atoms. The van der Waals surface area contributed by atoms with Gasteiger partial charge in [-0.2, -0.15) is 0 Å². The molecule has 1 saturated heterocycles. The van der Waals surface area contributed by atoms with Crippen LogP contribution in [0.1, 0.15) is 50.1 Å². The molecule has 2 atom stereocenters. The summed E-state index contributed by atoms with van der Waals surface area (Å²) in [6, 6.07) is 16.6. The van der Waals surface area contributed by atoms with Crippen LogP contribution in [0, 0.1) is 0 Å². The molecule has 2 aliphatic rings. The zero-order valence-electron chi connectivity index (χ0n) is 19.3. The summed E-state index contributed by atoms with van der Waals surface area (Å²) in [5.41, 5.74) is 2.33. The Balaban J connectivity index is 1.46. The third-order valence-electron chi connectivity index (χ3n) is 6.83. The van der Waals surface area contributed by atoms with E-state index in [1.165, 1.54) is 0 Å². The summed E-state index contributed by atoms with van der Waals surface area (Å²) in [5, 5.41) is 11.6. The van der Waals surface area contributed by atoms with Gasteiger partial charge in [-0.15, -0.1) is 5.10 Å². The van der Waals surface area contributed by atoms with Crippen molar-refractivity contribution in [2.45, 2.75) is 63.3 Å². The van der Waals surface area contributed by atoms with Gasteiger partial charge in [0.15, 0.2) is 0 Å². The number of hydrogen-bond donors (Lipinski definition) is 1. The molecule has 8 heteroatoms. The van der Waals surface area contributed by atoms with Gasteiger partial charge in [-0.25, -0.2) is 4.68 Å². The van der Waals surface area contributed by atoms with E-state index in [1.54, 1.807) is 9.58 Å². The standard InChI is InChI=1S/C26H31N5O3/c32-24(18-31-23-15-7-6-14-22(23)28-29-31)30(17-21-13-8-16-34-21)25(19-9-2-1-3-10-19)26(33)27-20-11-4-5-12-20/h1-3,6-7,9-10,14-15,20-21,25H,4-5,8,11-13,16-18H2,(H,27,33)/t21-,25-/m1/s1. The first kappa shape index (κ1) is 22.5. The number of ether oxygens (including phenoxy) is 1. The summed E-state index contributed by atoms with van der Waals surface area (Å²) < 4.78 is 7.49. The van der Waals surface area contributed by atoms with Crippen molar-refractivity contribution >= 4 is 22.8 Å². The fourth-order valence-corrected chi connectivity index (χ4v) is 5.07. The number of nitrogens with one attached hydrogen (secondary N) is 1. The molecule has 1 aliphatic heterocycles. The Labute approximate surface area is 199 Å². The number of rotatable bonds is 8. The highest BCUT2D eigenvalue weighted by molar-refractivity contribution is 5.89. The van der Waals surface area contributed by atoms with Crippen LogP contribution in [0.3, 0.4) is 0 Å². The Morgan fingerprint density at radius 3 is 2.56 bits per heavy atom. The van der Waals surface area contributed by atoms with Gasteiger partial charge in [-0.3, -0.25) is 9.59 Å². The lowest BCUT2D eigenvalue weighted by atomic mass is 10.0. The van der Waals surface area contributed by atoms with E-state index in [1.807, 2.05) is 54.6 Å². The second-order valence-corrected chi connectivity index (χ2v) is 9.22. The summed E-state index contributed by atoms with van der Waals surface area (Å²) in [4.78, 5) is 29.1. The molecule has 3 aromatic rings. The van der Waals surface area contributed by atoms with Crippen molar-refractivity contribution in [2.24, 2.45) is 0 Å². The topological polar surface area (TPSA) is 89.4 Å². The van der Waals surface area contributed by atoms with Gasteiger partial charge in [0.1, 0.15) is 18.1 Å². The Morgan fingerprint density at radius 2 is 1.79 bits per heavy atom. The van der Waals surface area contributed by atoms with Gasteiger partial charge >= 0.3 is 0 Å². The summed E-state index contributed by atoms with van der Waals surface area (Å²) in [6.45, 7) is 1.06. The highest BCUT2D eigenvalue weighted by atomic mass is 16.5. The third kappa shape index (κ3) is 4.97. The molecule has 1 aliphatic carbocycles. The van der Waals surface area contributed by atoms with Crippen molar-refractivity contribution in [3.8, 4) is 0 Å². The minimum Gasteiger partial charge on any atom is -0.376 e. The fraction of sp³-hybridized carbons (Fsp3) is 0.462. The maximum absolute atomic E-state index is 13.8. The van der Waals surface area contributed by atoms with Gasteiger partial charge < -0.3 is 15.0 Å². The fourth-order valence-electron chi connectivity index (χ4n) is 5.07. The van der Waals surface area contributed by atoms with Crippen LogP contribution in [0.5, 0.6) is 0 Å². The lowest BCUT2D eigenvalue weighted by Gasteiger charge is -2.33. The van der Waals surface area contributed by atoms with Crippen LogP contribution in [-0.2, 0) is 20.9 Å². The van der Waals surface area contributed by atoms with Crippen LogP contribution in [0.25, 0.3) is 11.0 Å². The predicted octanol–water partition coefficient (Wildman–Crippen LogP) is 3.24. The minimum atomic E-state index is -0.728. The summed E-state index contributed by atoms with van der Waals surface area (Å²) in [5.74, 6) is -0.311. The molecule has 5 rings (SSSR count). The lowest BCUT2D eigenvalue weighted by Crippen LogP contribution is -2.49. The minimum absolute atomic E-state index is 0.00722. The van der Waals surface area contributed by atoms with E-state index in [4.69, 9.17) is 4.74 Å². The second kappa shape index (κ2) is 10.3.